The molecule has 2 aliphatic rings. The molecule has 0 fully saturated rings. The van der Waals surface area contributed by atoms with Crippen LogP contribution in [0.15, 0.2) is 53.5 Å². The Morgan fingerprint density at radius 2 is 1.75 bits per heavy atom. The number of nitrogens with zero attached hydrogens (tertiary/aromatic N) is 1. The highest BCUT2D eigenvalue weighted by Gasteiger charge is 2.25. The van der Waals surface area contributed by atoms with Crippen LogP contribution in [0, 0.1) is 0 Å². The van der Waals surface area contributed by atoms with Gasteiger partial charge in [-0.1, -0.05) is 42.5 Å². The second-order valence-corrected chi connectivity index (χ2v) is 7.66. The number of amides is 1. The molecule has 2 unspecified atom stereocenters. The molecule has 28 heavy (non-hydrogen) atoms. The molecule has 1 aliphatic carbocycles. The van der Waals surface area contributed by atoms with Gasteiger partial charge in [0.2, 0.25) is 5.91 Å². The average molecular weight is 377 g/mol. The summed E-state index contributed by atoms with van der Waals surface area (Å²) in [7, 11) is 1.80. The zero-order chi connectivity index (χ0) is 19.3. The summed E-state index contributed by atoms with van der Waals surface area (Å²) in [6.07, 6.45) is 4.13. The number of para-hydroxylation sites is 1. The minimum Gasteiger partial charge on any atom is -0.356 e. The minimum atomic E-state index is 0.0762. The lowest BCUT2D eigenvalue weighted by Gasteiger charge is -2.28. The van der Waals surface area contributed by atoms with E-state index < -0.39 is 0 Å². The van der Waals surface area contributed by atoms with E-state index in [1.165, 1.54) is 36.0 Å². The number of fused-ring (bicyclic) bond motifs is 2. The summed E-state index contributed by atoms with van der Waals surface area (Å²) in [6, 6.07) is 16.8. The molecule has 1 heterocycles. The Balaban J connectivity index is 1.36. The highest BCUT2D eigenvalue weighted by molar-refractivity contribution is 5.94. The van der Waals surface area contributed by atoms with Gasteiger partial charge < -0.3 is 16.0 Å². The molecule has 2 aromatic rings. The predicted molar refractivity (Wildman–Crippen MR) is 114 cm³/mol. The molecule has 0 aromatic heterocycles. The second kappa shape index (κ2) is 8.46. The van der Waals surface area contributed by atoms with Crippen molar-refractivity contribution in [3.63, 3.8) is 0 Å². The quantitative estimate of drug-likeness (QED) is 0.566. The van der Waals surface area contributed by atoms with Crippen LogP contribution in [0.4, 0.5) is 5.69 Å². The molecule has 146 valence electrons. The van der Waals surface area contributed by atoms with Gasteiger partial charge in [-0.15, -0.1) is 0 Å². The number of nitrogens with one attached hydrogen (secondary N) is 3. The maximum absolute atomic E-state index is 12.0. The zero-order valence-corrected chi connectivity index (χ0v) is 16.4. The normalized spacial score (nSPS) is 21.3. The van der Waals surface area contributed by atoms with Gasteiger partial charge in [0.25, 0.3) is 0 Å². The maximum atomic E-state index is 12.0. The number of hydrogen-bond acceptors (Lipinski definition) is 2. The number of aliphatic imine (C=N–C) groups is 1. The van der Waals surface area contributed by atoms with Crippen LogP contribution >= 0.6 is 0 Å². The summed E-state index contributed by atoms with van der Waals surface area (Å²) < 4.78 is 0. The van der Waals surface area contributed by atoms with E-state index >= 15 is 0 Å². The Morgan fingerprint density at radius 3 is 2.57 bits per heavy atom. The predicted octanol–water partition coefficient (Wildman–Crippen LogP) is 3.40. The van der Waals surface area contributed by atoms with Gasteiger partial charge in [-0.05, 0) is 42.0 Å². The van der Waals surface area contributed by atoms with Crippen molar-refractivity contribution in [3.8, 4) is 0 Å². The van der Waals surface area contributed by atoms with Crippen LogP contribution < -0.4 is 16.0 Å². The number of aryl methyl sites for hydroxylation is 1. The first-order chi connectivity index (χ1) is 13.7. The number of benzene rings is 2. The van der Waals surface area contributed by atoms with Crippen LogP contribution in [0.25, 0.3) is 0 Å². The van der Waals surface area contributed by atoms with E-state index in [-0.39, 0.29) is 11.8 Å². The standard InChI is InChI=1S/C23H28N4O/c1-24-23(25-14-17-9-6-8-16-7-2-3-10-19(16)17)26-15-18-13-22(28)27-21-12-5-4-11-20(18)21/h2-5,7,10-12,17-18H,6,8-9,13-15H2,1H3,(H,27,28)(H2,24,25,26). The number of hydrogen-bond donors (Lipinski definition) is 3. The molecule has 1 amide bonds. The molecule has 0 bridgehead atoms. The molecular formula is C23H28N4O. The van der Waals surface area contributed by atoms with E-state index in [9.17, 15) is 4.79 Å². The van der Waals surface area contributed by atoms with Crippen molar-refractivity contribution in [2.24, 2.45) is 4.99 Å². The fraction of sp³-hybridized carbons (Fsp3) is 0.391. The van der Waals surface area contributed by atoms with Gasteiger partial charge in [0, 0.05) is 44.1 Å². The summed E-state index contributed by atoms with van der Waals surface area (Å²) in [5.74, 6) is 1.54. The number of carbonyl (C=O) groups excluding carboxylic acids is 1. The smallest absolute Gasteiger partial charge is 0.225 e. The van der Waals surface area contributed by atoms with E-state index in [4.69, 9.17) is 0 Å². The summed E-state index contributed by atoms with van der Waals surface area (Å²) in [5, 5.41) is 9.87. The summed E-state index contributed by atoms with van der Waals surface area (Å²) >= 11 is 0. The highest BCUT2D eigenvalue weighted by atomic mass is 16.1. The van der Waals surface area contributed by atoms with Crippen molar-refractivity contribution >= 4 is 17.6 Å². The zero-order valence-electron chi connectivity index (χ0n) is 16.4. The van der Waals surface area contributed by atoms with Gasteiger partial charge >= 0.3 is 0 Å². The Labute approximate surface area is 166 Å². The monoisotopic (exact) mass is 376 g/mol. The average Bonchev–Trinajstić information content (AvgIpc) is 2.73. The first-order valence-electron chi connectivity index (χ1n) is 10.2. The van der Waals surface area contributed by atoms with Gasteiger partial charge in [0.05, 0.1) is 0 Å². The molecule has 5 nitrogen and oxygen atoms in total. The SMILES string of the molecule is CN=C(NCC1CCCc2ccccc21)NCC1CC(=O)Nc2ccccc21. The summed E-state index contributed by atoms with van der Waals surface area (Å²) in [4.78, 5) is 16.4. The van der Waals surface area contributed by atoms with Crippen LogP contribution in [0.1, 0.15) is 47.8 Å². The van der Waals surface area contributed by atoms with Crippen molar-refractivity contribution in [1.29, 1.82) is 0 Å². The molecule has 3 N–H and O–H groups in total. The summed E-state index contributed by atoms with van der Waals surface area (Å²) in [5.41, 5.74) is 5.06. The van der Waals surface area contributed by atoms with Gasteiger partial charge in [-0.3, -0.25) is 9.79 Å². The number of anilines is 1. The number of carbonyl (C=O) groups is 1. The largest absolute Gasteiger partial charge is 0.356 e. The Kier molecular flexibility index (Phi) is 5.60. The van der Waals surface area contributed by atoms with Crippen LogP contribution in [-0.4, -0.2) is 32.0 Å². The van der Waals surface area contributed by atoms with Crippen molar-refractivity contribution in [2.75, 3.05) is 25.5 Å². The lowest BCUT2D eigenvalue weighted by atomic mass is 9.83. The van der Waals surface area contributed by atoms with Gasteiger partial charge in [-0.2, -0.15) is 0 Å². The third-order valence-corrected chi connectivity index (χ3v) is 5.86. The van der Waals surface area contributed by atoms with Crippen LogP contribution in [0.3, 0.4) is 0 Å². The lowest BCUT2D eigenvalue weighted by Crippen LogP contribution is -2.42. The van der Waals surface area contributed by atoms with Crippen molar-refractivity contribution in [3.05, 3.63) is 65.2 Å². The summed E-state index contributed by atoms with van der Waals surface area (Å²) in [6.45, 7) is 1.56. The van der Waals surface area contributed by atoms with Crippen LogP contribution in [-0.2, 0) is 11.2 Å². The molecule has 4 rings (SSSR count). The van der Waals surface area contributed by atoms with Gasteiger partial charge in [-0.25, -0.2) is 0 Å². The Morgan fingerprint density at radius 1 is 1.04 bits per heavy atom. The van der Waals surface area contributed by atoms with E-state index in [0.717, 1.165) is 18.2 Å². The number of guanidine groups is 1. The number of rotatable bonds is 4. The first kappa shape index (κ1) is 18.5. The minimum absolute atomic E-state index is 0.0762. The van der Waals surface area contributed by atoms with Gasteiger partial charge in [0.15, 0.2) is 5.96 Å². The van der Waals surface area contributed by atoms with Crippen LogP contribution in [0.5, 0.6) is 0 Å². The van der Waals surface area contributed by atoms with E-state index in [2.05, 4.69) is 51.3 Å². The molecule has 1 aliphatic heterocycles. The van der Waals surface area contributed by atoms with Crippen molar-refractivity contribution in [1.82, 2.24) is 10.6 Å². The Bertz CT molecular complexity index is 876. The van der Waals surface area contributed by atoms with E-state index in [0.29, 0.717) is 18.9 Å². The fourth-order valence-electron chi connectivity index (χ4n) is 4.41. The molecule has 0 saturated heterocycles. The molecule has 2 aromatic carbocycles. The highest BCUT2D eigenvalue weighted by Crippen LogP contribution is 2.32. The van der Waals surface area contributed by atoms with Crippen LogP contribution in [0.2, 0.25) is 0 Å². The third-order valence-electron chi connectivity index (χ3n) is 5.86. The topological polar surface area (TPSA) is 65.5 Å². The van der Waals surface area contributed by atoms with Crippen molar-refractivity contribution in [2.45, 2.75) is 37.5 Å². The van der Waals surface area contributed by atoms with Crippen molar-refractivity contribution < 1.29 is 4.79 Å². The molecule has 0 spiro atoms. The second-order valence-electron chi connectivity index (χ2n) is 7.66. The lowest BCUT2D eigenvalue weighted by molar-refractivity contribution is -0.116. The molecule has 0 saturated carbocycles. The molecule has 5 heteroatoms. The van der Waals surface area contributed by atoms with E-state index in [1.54, 1.807) is 7.05 Å². The Hall–Kier alpha value is -2.82. The molecule has 2 atom stereocenters. The maximum Gasteiger partial charge on any atom is 0.225 e. The first-order valence-corrected chi connectivity index (χ1v) is 10.2. The molecule has 0 radical (unpaired) electrons. The molecular weight excluding hydrogens is 348 g/mol. The van der Waals surface area contributed by atoms with Gasteiger partial charge in [0.1, 0.15) is 0 Å². The third kappa shape index (κ3) is 4.03. The fourth-order valence-corrected chi connectivity index (χ4v) is 4.41. The van der Waals surface area contributed by atoms with E-state index in [1.807, 2.05) is 18.2 Å².